The van der Waals surface area contributed by atoms with Crippen LogP contribution >= 0.6 is 15.9 Å². The summed E-state index contributed by atoms with van der Waals surface area (Å²) in [6.07, 6.45) is 4.48. The van der Waals surface area contributed by atoms with E-state index in [0.29, 0.717) is 25.1 Å². The molecule has 24 heavy (non-hydrogen) atoms. The van der Waals surface area contributed by atoms with Crippen LogP contribution in [0, 0.1) is 0 Å². The SMILES string of the molecule is O=C(CCc1ccccc1Br)NCc1cccnc1-c1ccco1. The van der Waals surface area contributed by atoms with Gasteiger partial charge in [-0.25, -0.2) is 0 Å². The molecule has 0 saturated carbocycles. The molecule has 122 valence electrons. The van der Waals surface area contributed by atoms with Gasteiger partial charge in [0.1, 0.15) is 5.69 Å². The second-order valence-corrected chi connectivity index (χ2v) is 6.21. The first-order chi connectivity index (χ1) is 11.7. The molecule has 1 amide bonds. The molecule has 0 aliphatic carbocycles. The summed E-state index contributed by atoms with van der Waals surface area (Å²) in [5, 5.41) is 2.96. The Morgan fingerprint density at radius 3 is 2.71 bits per heavy atom. The number of benzene rings is 1. The Bertz CT molecular complexity index is 816. The zero-order valence-corrected chi connectivity index (χ0v) is 14.6. The average Bonchev–Trinajstić information content (AvgIpc) is 3.14. The number of nitrogens with zero attached hydrogens (tertiary/aromatic N) is 1. The highest BCUT2D eigenvalue weighted by Gasteiger charge is 2.10. The van der Waals surface area contributed by atoms with Gasteiger partial charge in [-0.2, -0.15) is 0 Å². The van der Waals surface area contributed by atoms with Gasteiger partial charge in [0.25, 0.3) is 0 Å². The Hall–Kier alpha value is -2.40. The van der Waals surface area contributed by atoms with Crippen molar-refractivity contribution in [1.82, 2.24) is 10.3 Å². The van der Waals surface area contributed by atoms with Gasteiger partial charge in [-0.1, -0.05) is 40.2 Å². The van der Waals surface area contributed by atoms with Gasteiger partial charge in [0.05, 0.1) is 6.26 Å². The van der Waals surface area contributed by atoms with Crippen molar-refractivity contribution >= 4 is 21.8 Å². The van der Waals surface area contributed by atoms with Crippen molar-refractivity contribution in [2.24, 2.45) is 0 Å². The van der Waals surface area contributed by atoms with E-state index in [1.165, 1.54) is 0 Å². The van der Waals surface area contributed by atoms with Crippen LogP contribution in [0.4, 0.5) is 0 Å². The van der Waals surface area contributed by atoms with Crippen molar-refractivity contribution in [2.45, 2.75) is 19.4 Å². The van der Waals surface area contributed by atoms with E-state index in [-0.39, 0.29) is 5.91 Å². The Labute approximate surface area is 149 Å². The van der Waals surface area contributed by atoms with Crippen LogP contribution < -0.4 is 5.32 Å². The van der Waals surface area contributed by atoms with E-state index in [2.05, 4.69) is 26.2 Å². The molecule has 5 heteroatoms. The summed E-state index contributed by atoms with van der Waals surface area (Å²) in [5.74, 6) is 0.716. The highest BCUT2D eigenvalue weighted by Crippen LogP contribution is 2.21. The normalized spacial score (nSPS) is 10.5. The van der Waals surface area contributed by atoms with Gasteiger partial charge in [0.2, 0.25) is 5.91 Å². The van der Waals surface area contributed by atoms with E-state index in [9.17, 15) is 4.79 Å². The van der Waals surface area contributed by atoms with Gasteiger partial charge in [-0.15, -0.1) is 0 Å². The van der Waals surface area contributed by atoms with E-state index >= 15 is 0 Å². The van der Waals surface area contributed by atoms with Gasteiger partial charge in [0, 0.05) is 29.2 Å². The molecule has 3 rings (SSSR count). The number of nitrogens with one attached hydrogen (secondary N) is 1. The molecule has 0 spiro atoms. The van der Waals surface area contributed by atoms with Crippen LogP contribution in [0.2, 0.25) is 0 Å². The summed E-state index contributed by atoms with van der Waals surface area (Å²) in [7, 11) is 0. The van der Waals surface area contributed by atoms with Crippen molar-refractivity contribution in [3.63, 3.8) is 0 Å². The van der Waals surface area contributed by atoms with Gasteiger partial charge in [0.15, 0.2) is 5.76 Å². The molecule has 0 atom stereocenters. The van der Waals surface area contributed by atoms with Gasteiger partial charge in [-0.3, -0.25) is 9.78 Å². The van der Waals surface area contributed by atoms with Crippen LogP contribution in [0.15, 0.2) is 69.9 Å². The number of furan rings is 1. The minimum Gasteiger partial charge on any atom is -0.463 e. The lowest BCUT2D eigenvalue weighted by atomic mass is 10.1. The topological polar surface area (TPSA) is 55.1 Å². The number of amides is 1. The standard InChI is InChI=1S/C19H17BrN2O2/c20-16-7-2-1-5-14(16)9-10-18(23)22-13-15-6-3-11-21-19(15)17-8-4-12-24-17/h1-8,11-12H,9-10,13H2,(H,22,23). The lowest BCUT2D eigenvalue weighted by Gasteiger charge is -2.09. The second kappa shape index (κ2) is 7.93. The van der Waals surface area contributed by atoms with Crippen LogP contribution in [0.5, 0.6) is 0 Å². The number of hydrogen-bond acceptors (Lipinski definition) is 3. The highest BCUT2D eigenvalue weighted by atomic mass is 79.9. The second-order valence-electron chi connectivity index (χ2n) is 5.36. The first-order valence-electron chi connectivity index (χ1n) is 7.72. The molecule has 0 fully saturated rings. The first-order valence-corrected chi connectivity index (χ1v) is 8.51. The van der Waals surface area contributed by atoms with E-state index in [4.69, 9.17) is 4.42 Å². The fraction of sp³-hybridized carbons (Fsp3) is 0.158. The Kier molecular flexibility index (Phi) is 5.43. The van der Waals surface area contributed by atoms with Crippen LogP contribution in [0.1, 0.15) is 17.5 Å². The Morgan fingerprint density at radius 2 is 1.92 bits per heavy atom. The molecule has 0 radical (unpaired) electrons. The number of hydrogen-bond donors (Lipinski definition) is 1. The third-order valence-corrected chi connectivity index (χ3v) is 4.47. The van der Waals surface area contributed by atoms with E-state index in [0.717, 1.165) is 21.3 Å². The quantitative estimate of drug-likeness (QED) is 0.686. The lowest BCUT2D eigenvalue weighted by molar-refractivity contribution is -0.121. The van der Waals surface area contributed by atoms with Crippen LogP contribution in [-0.2, 0) is 17.8 Å². The number of carbonyl (C=O) groups excluding carboxylic acids is 1. The summed E-state index contributed by atoms with van der Waals surface area (Å²) in [4.78, 5) is 16.5. The van der Waals surface area contributed by atoms with E-state index in [1.54, 1.807) is 12.5 Å². The number of carbonyl (C=O) groups is 1. The van der Waals surface area contributed by atoms with Gasteiger partial charge < -0.3 is 9.73 Å². The molecule has 0 aliphatic heterocycles. The zero-order chi connectivity index (χ0) is 16.8. The fourth-order valence-electron chi connectivity index (χ4n) is 2.45. The van der Waals surface area contributed by atoms with Crippen molar-refractivity contribution in [2.75, 3.05) is 0 Å². The van der Waals surface area contributed by atoms with Gasteiger partial charge >= 0.3 is 0 Å². The molecule has 2 heterocycles. The third-order valence-electron chi connectivity index (χ3n) is 3.70. The maximum absolute atomic E-state index is 12.1. The maximum Gasteiger partial charge on any atom is 0.220 e. The van der Waals surface area contributed by atoms with E-state index < -0.39 is 0 Å². The largest absolute Gasteiger partial charge is 0.463 e. The molecule has 1 aromatic carbocycles. The summed E-state index contributed by atoms with van der Waals surface area (Å²) in [6, 6.07) is 15.4. The summed E-state index contributed by atoms with van der Waals surface area (Å²) >= 11 is 3.50. The molecule has 4 nitrogen and oxygen atoms in total. The van der Waals surface area contributed by atoms with Crippen LogP contribution in [0.3, 0.4) is 0 Å². The van der Waals surface area contributed by atoms with Crippen molar-refractivity contribution in [1.29, 1.82) is 0 Å². The molecular weight excluding hydrogens is 368 g/mol. The van der Waals surface area contributed by atoms with E-state index in [1.807, 2.05) is 48.5 Å². The van der Waals surface area contributed by atoms with Crippen LogP contribution in [0.25, 0.3) is 11.5 Å². The predicted octanol–water partition coefficient (Wildman–Crippen LogP) is 4.35. The monoisotopic (exact) mass is 384 g/mol. The molecule has 0 bridgehead atoms. The first kappa shape index (κ1) is 16.5. The summed E-state index contributed by atoms with van der Waals surface area (Å²) in [5.41, 5.74) is 2.82. The molecule has 3 aromatic rings. The lowest BCUT2D eigenvalue weighted by Crippen LogP contribution is -2.23. The number of halogens is 1. The number of pyridine rings is 1. The van der Waals surface area contributed by atoms with Crippen molar-refractivity contribution < 1.29 is 9.21 Å². The van der Waals surface area contributed by atoms with Gasteiger partial charge in [-0.05, 0) is 36.2 Å². The highest BCUT2D eigenvalue weighted by molar-refractivity contribution is 9.10. The molecule has 0 aliphatic rings. The van der Waals surface area contributed by atoms with Crippen LogP contribution in [-0.4, -0.2) is 10.9 Å². The molecule has 0 saturated heterocycles. The average molecular weight is 385 g/mol. The molecule has 0 unspecified atom stereocenters. The zero-order valence-electron chi connectivity index (χ0n) is 13.0. The minimum absolute atomic E-state index is 0.0139. The summed E-state index contributed by atoms with van der Waals surface area (Å²) < 4.78 is 6.44. The number of rotatable bonds is 6. The smallest absolute Gasteiger partial charge is 0.220 e. The third kappa shape index (κ3) is 4.11. The fourth-order valence-corrected chi connectivity index (χ4v) is 2.93. The Balaban J connectivity index is 1.58. The summed E-state index contributed by atoms with van der Waals surface area (Å²) in [6.45, 7) is 0.429. The minimum atomic E-state index is 0.0139. The molecule has 2 aromatic heterocycles. The predicted molar refractivity (Wildman–Crippen MR) is 96.2 cm³/mol. The maximum atomic E-state index is 12.1. The van der Waals surface area contributed by atoms with Crippen molar-refractivity contribution in [3.8, 4) is 11.5 Å². The molecular formula is C19H17BrN2O2. The van der Waals surface area contributed by atoms with Crippen molar-refractivity contribution in [3.05, 3.63) is 76.6 Å². The number of aryl methyl sites for hydroxylation is 1. The number of aromatic nitrogens is 1. The Morgan fingerprint density at radius 1 is 1.08 bits per heavy atom. The molecule has 1 N–H and O–H groups in total.